The summed E-state index contributed by atoms with van der Waals surface area (Å²) in [7, 11) is 0. The first kappa shape index (κ1) is 13.4. The number of anilines is 1. The number of nitrogen functional groups attached to an aromatic ring is 1. The van der Waals surface area contributed by atoms with E-state index in [2.05, 4.69) is 0 Å². The topological polar surface area (TPSA) is 61.5 Å². The van der Waals surface area contributed by atoms with Crippen LogP contribution in [-0.2, 0) is 9.53 Å². The van der Waals surface area contributed by atoms with Gasteiger partial charge in [-0.3, -0.25) is 4.79 Å². The maximum absolute atomic E-state index is 10.9. The zero-order chi connectivity index (χ0) is 13.1. The minimum absolute atomic E-state index is 0.302. The summed E-state index contributed by atoms with van der Waals surface area (Å²) in [5.41, 5.74) is 6.77. The van der Waals surface area contributed by atoms with Crippen LogP contribution >= 0.6 is 0 Å². The number of carbonyl (C=O) groups is 1. The van der Waals surface area contributed by atoms with Crippen molar-refractivity contribution in [3.8, 4) is 5.75 Å². The first-order chi connectivity index (χ1) is 7.80. The van der Waals surface area contributed by atoms with Gasteiger partial charge in [0.1, 0.15) is 18.0 Å². The van der Waals surface area contributed by atoms with Crippen LogP contribution in [0.1, 0.15) is 26.3 Å². The number of hydrogen-bond donors (Lipinski definition) is 1. The molecule has 1 aromatic rings. The van der Waals surface area contributed by atoms with Gasteiger partial charge in [-0.15, -0.1) is 0 Å². The fourth-order valence-corrected chi connectivity index (χ4v) is 1.41. The number of rotatable bonds is 4. The molecule has 1 rings (SSSR count). The smallest absolute Gasteiger partial charge is 0.303 e. The maximum Gasteiger partial charge on any atom is 0.303 e. The minimum Gasteiger partial charge on any atom is -0.489 e. The third-order valence-electron chi connectivity index (χ3n) is 2.25. The van der Waals surface area contributed by atoms with Gasteiger partial charge in [-0.05, 0) is 44.5 Å². The average Bonchev–Trinajstić information content (AvgIpc) is 2.18. The number of ether oxygens (including phenoxy) is 2. The Kier molecular flexibility index (Phi) is 3.99. The van der Waals surface area contributed by atoms with Crippen molar-refractivity contribution < 1.29 is 14.3 Å². The summed E-state index contributed by atoms with van der Waals surface area (Å²) in [6, 6.07) is 5.45. The molecule has 0 fully saturated rings. The Hall–Kier alpha value is -1.71. The highest BCUT2D eigenvalue weighted by atomic mass is 16.6. The van der Waals surface area contributed by atoms with E-state index >= 15 is 0 Å². The number of hydrogen-bond acceptors (Lipinski definition) is 4. The van der Waals surface area contributed by atoms with E-state index in [-0.39, 0.29) is 5.97 Å². The highest BCUT2D eigenvalue weighted by Crippen LogP contribution is 2.20. The number of esters is 1. The van der Waals surface area contributed by atoms with Gasteiger partial charge in [-0.1, -0.05) is 0 Å². The van der Waals surface area contributed by atoms with E-state index < -0.39 is 5.60 Å². The molecule has 17 heavy (non-hydrogen) atoms. The monoisotopic (exact) mass is 237 g/mol. The van der Waals surface area contributed by atoms with Gasteiger partial charge in [0.15, 0.2) is 0 Å². The molecule has 0 spiro atoms. The van der Waals surface area contributed by atoms with Crippen molar-refractivity contribution in [2.45, 2.75) is 33.3 Å². The molecule has 0 bridgehead atoms. The number of benzene rings is 1. The summed E-state index contributed by atoms with van der Waals surface area (Å²) >= 11 is 0. The highest BCUT2D eigenvalue weighted by molar-refractivity contribution is 5.66. The van der Waals surface area contributed by atoms with Crippen molar-refractivity contribution >= 4 is 11.7 Å². The summed E-state index contributed by atoms with van der Waals surface area (Å²) < 4.78 is 10.7. The Morgan fingerprint density at radius 1 is 1.41 bits per heavy atom. The van der Waals surface area contributed by atoms with Gasteiger partial charge >= 0.3 is 5.97 Å². The van der Waals surface area contributed by atoms with Crippen LogP contribution in [0.2, 0.25) is 0 Å². The summed E-state index contributed by atoms with van der Waals surface area (Å²) in [5.74, 6) is 0.406. The molecule has 0 atom stereocenters. The second-order valence-electron chi connectivity index (χ2n) is 4.66. The molecule has 0 saturated heterocycles. The Balaban J connectivity index is 2.60. The van der Waals surface area contributed by atoms with Crippen molar-refractivity contribution in [3.05, 3.63) is 23.8 Å². The summed E-state index contributed by atoms with van der Waals surface area (Å²) in [4.78, 5) is 10.9. The van der Waals surface area contributed by atoms with Crippen LogP contribution in [0.5, 0.6) is 5.75 Å². The lowest BCUT2D eigenvalue weighted by atomic mass is 10.1. The second kappa shape index (κ2) is 5.08. The molecule has 4 heteroatoms. The Morgan fingerprint density at radius 2 is 2.06 bits per heavy atom. The Morgan fingerprint density at radius 3 is 2.59 bits per heavy atom. The largest absolute Gasteiger partial charge is 0.489 e. The number of carbonyl (C=O) groups excluding carboxylic acids is 1. The summed E-state index contributed by atoms with van der Waals surface area (Å²) in [5, 5.41) is 0. The van der Waals surface area contributed by atoms with Crippen molar-refractivity contribution in [1.82, 2.24) is 0 Å². The van der Waals surface area contributed by atoms with E-state index in [1.54, 1.807) is 26.0 Å². The van der Waals surface area contributed by atoms with Crippen LogP contribution in [-0.4, -0.2) is 18.2 Å². The van der Waals surface area contributed by atoms with Crippen molar-refractivity contribution in [3.63, 3.8) is 0 Å². The van der Waals surface area contributed by atoms with E-state index in [9.17, 15) is 4.79 Å². The van der Waals surface area contributed by atoms with Crippen LogP contribution in [0.15, 0.2) is 18.2 Å². The normalized spacial score (nSPS) is 11.1. The van der Waals surface area contributed by atoms with Crippen LogP contribution in [0.3, 0.4) is 0 Å². The number of nitrogens with two attached hydrogens (primary N) is 1. The fraction of sp³-hybridized carbons (Fsp3) is 0.462. The molecule has 0 aromatic heterocycles. The van der Waals surface area contributed by atoms with Crippen molar-refractivity contribution in [1.29, 1.82) is 0 Å². The molecule has 0 heterocycles. The standard InChI is InChI=1S/C13H19NO3/c1-9-7-11(5-6-12(9)14)16-8-13(3,4)17-10(2)15/h5-7H,8,14H2,1-4H3. The van der Waals surface area contributed by atoms with E-state index in [1.165, 1.54) is 6.92 Å². The molecule has 0 radical (unpaired) electrons. The molecule has 0 aliphatic heterocycles. The Labute approximate surface area is 102 Å². The first-order valence-electron chi connectivity index (χ1n) is 5.49. The average molecular weight is 237 g/mol. The van der Waals surface area contributed by atoms with Gasteiger partial charge in [0.2, 0.25) is 0 Å². The zero-order valence-corrected chi connectivity index (χ0v) is 10.7. The van der Waals surface area contributed by atoms with E-state index in [0.29, 0.717) is 6.61 Å². The quantitative estimate of drug-likeness (QED) is 0.644. The predicted molar refractivity (Wildman–Crippen MR) is 66.9 cm³/mol. The van der Waals surface area contributed by atoms with Crippen LogP contribution < -0.4 is 10.5 Å². The zero-order valence-electron chi connectivity index (χ0n) is 10.7. The van der Waals surface area contributed by atoms with Gasteiger partial charge in [0, 0.05) is 12.6 Å². The molecule has 0 aliphatic rings. The van der Waals surface area contributed by atoms with Gasteiger partial charge < -0.3 is 15.2 Å². The van der Waals surface area contributed by atoms with E-state index in [1.807, 2.05) is 13.0 Å². The van der Waals surface area contributed by atoms with E-state index in [4.69, 9.17) is 15.2 Å². The molecule has 2 N–H and O–H groups in total. The van der Waals surface area contributed by atoms with E-state index in [0.717, 1.165) is 17.0 Å². The molecule has 94 valence electrons. The molecule has 0 saturated carbocycles. The first-order valence-corrected chi connectivity index (χ1v) is 5.49. The molecular weight excluding hydrogens is 218 g/mol. The van der Waals surface area contributed by atoms with Gasteiger partial charge in [-0.25, -0.2) is 0 Å². The minimum atomic E-state index is -0.638. The SMILES string of the molecule is CC(=O)OC(C)(C)COc1ccc(N)c(C)c1. The molecule has 0 unspecified atom stereocenters. The van der Waals surface area contributed by atoms with Gasteiger partial charge in [-0.2, -0.15) is 0 Å². The molecule has 4 nitrogen and oxygen atoms in total. The third-order valence-corrected chi connectivity index (χ3v) is 2.25. The molecule has 1 aromatic carbocycles. The lowest BCUT2D eigenvalue weighted by molar-refractivity contribution is -0.156. The van der Waals surface area contributed by atoms with Crippen LogP contribution in [0, 0.1) is 6.92 Å². The predicted octanol–water partition coefficient (Wildman–Crippen LogP) is 2.30. The van der Waals surface area contributed by atoms with Crippen LogP contribution in [0.4, 0.5) is 5.69 Å². The summed E-state index contributed by atoms with van der Waals surface area (Å²) in [6.07, 6.45) is 0. The molecular formula is C13H19NO3. The molecule has 0 aliphatic carbocycles. The Bertz CT molecular complexity index is 413. The fourth-order valence-electron chi connectivity index (χ4n) is 1.41. The lowest BCUT2D eigenvalue weighted by Gasteiger charge is -2.24. The van der Waals surface area contributed by atoms with Crippen LogP contribution in [0.25, 0.3) is 0 Å². The third kappa shape index (κ3) is 4.34. The van der Waals surface area contributed by atoms with Gasteiger partial charge in [0.05, 0.1) is 0 Å². The van der Waals surface area contributed by atoms with Crippen molar-refractivity contribution in [2.24, 2.45) is 0 Å². The maximum atomic E-state index is 10.9. The molecule has 0 amide bonds. The lowest BCUT2D eigenvalue weighted by Crippen LogP contribution is -2.34. The number of aryl methyl sites for hydroxylation is 1. The second-order valence-corrected chi connectivity index (χ2v) is 4.66. The summed E-state index contributed by atoms with van der Waals surface area (Å²) in [6.45, 7) is 7.21. The van der Waals surface area contributed by atoms with Crippen molar-refractivity contribution in [2.75, 3.05) is 12.3 Å². The highest BCUT2D eigenvalue weighted by Gasteiger charge is 2.22. The van der Waals surface area contributed by atoms with Gasteiger partial charge in [0.25, 0.3) is 0 Å².